The van der Waals surface area contributed by atoms with Crippen LogP contribution in [0.3, 0.4) is 0 Å². The number of halogens is 1. The van der Waals surface area contributed by atoms with E-state index in [0.29, 0.717) is 57.6 Å². The van der Waals surface area contributed by atoms with E-state index in [-0.39, 0.29) is 18.1 Å². The maximum absolute atomic E-state index is 14.6. The number of carboxylic acid groups (broad SMARTS) is 1. The average molecular weight is 690 g/mol. The summed E-state index contributed by atoms with van der Waals surface area (Å²) in [6.45, 7) is 3.92. The molecule has 0 fully saturated rings. The number of nitrogens with one attached hydrogen (secondary N) is 2. The fraction of sp³-hybridized carbons (Fsp3) is 0.324. The predicted molar refractivity (Wildman–Crippen MR) is 190 cm³/mol. The summed E-state index contributed by atoms with van der Waals surface area (Å²) in [6.07, 6.45) is 0.863. The highest BCUT2D eigenvalue weighted by atomic mass is 32.1. The highest BCUT2D eigenvalue weighted by Crippen LogP contribution is 2.34. The van der Waals surface area contributed by atoms with E-state index < -0.39 is 11.8 Å². The van der Waals surface area contributed by atoms with Crippen molar-refractivity contribution in [3.05, 3.63) is 76.0 Å². The van der Waals surface area contributed by atoms with Crippen molar-refractivity contribution in [1.29, 1.82) is 0 Å². The minimum atomic E-state index is -1.11. The standard InChI is InChI=1S/C34H37FN8O3S2/c1-22-20-29(40-41-31(22)39-33-37-25-11-6-7-12-27(25)47-33)42(17-18-43(3,4)5)34-38-30(32(44)45)28(48-34)13-9-19-46-26-15-14-23(21-24(26)35)10-8-16-36-2/h6-7,11-12,14-15,20-21,36H,9,13,16-19H2,1-5H3,(H-,37,39,41,44,45)/p+1. The Bertz CT molecular complexity index is 1930. The number of para-hydroxylation sites is 1. The number of ether oxygens (including phenoxy) is 1. The molecule has 250 valence electrons. The number of nitrogens with zero attached hydrogens (tertiary/aromatic N) is 6. The normalized spacial score (nSPS) is 11.3. The molecule has 0 saturated heterocycles. The summed E-state index contributed by atoms with van der Waals surface area (Å²) in [5.41, 5.74) is 2.31. The van der Waals surface area contributed by atoms with Gasteiger partial charge in [-0.15, -0.1) is 21.5 Å². The van der Waals surface area contributed by atoms with Crippen LogP contribution in [0.5, 0.6) is 5.75 Å². The lowest BCUT2D eigenvalue weighted by atomic mass is 10.2. The van der Waals surface area contributed by atoms with Gasteiger partial charge in [0, 0.05) is 10.4 Å². The number of fused-ring (bicyclic) bond motifs is 1. The summed E-state index contributed by atoms with van der Waals surface area (Å²) in [5.74, 6) is 5.45. The number of anilines is 4. The van der Waals surface area contributed by atoms with Gasteiger partial charge in [-0.25, -0.2) is 19.2 Å². The van der Waals surface area contributed by atoms with Gasteiger partial charge in [0.2, 0.25) is 0 Å². The highest BCUT2D eigenvalue weighted by Gasteiger charge is 2.25. The van der Waals surface area contributed by atoms with Gasteiger partial charge in [0.1, 0.15) is 0 Å². The molecule has 3 heterocycles. The molecular formula is C34H38FN8O3S2+. The van der Waals surface area contributed by atoms with Gasteiger partial charge in [0.05, 0.1) is 57.6 Å². The van der Waals surface area contributed by atoms with E-state index in [9.17, 15) is 14.3 Å². The molecule has 0 amide bonds. The second kappa shape index (κ2) is 15.5. The van der Waals surface area contributed by atoms with Crippen LogP contribution in [-0.2, 0) is 6.42 Å². The summed E-state index contributed by atoms with van der Waals surface area (Å²) in [4.78, 5) is 24.0. The van der Waals surface area contributed by atoms with Crippen molar-refractivity contribution in [1.82, 2.24) is 25.5 Å². The third-order valence-corrected chi connectivity index (χ3v) is 9.21. The first-order valence-corrected chi connectivity index (χ1v) is 17.0. The summed E-state index contributed by atoms with van der Waals surface area (Å²) in [7, 11) is 8.05. The number of hydrogen-bond acceptors (Lipinski definition) is 11. The molecule has 0 radical (unpaired) electrons. The Morgan fingerprint density at radius 3 is 2.62 bits per heavy atom. The molecule has 5 rings (SSSR count). The van der Waals surface area contributed by atoms with Gasteiger partial charge in [-0.2, -0.15) is 0 Å². The van der Waals surface area contributed by atoms with Crippen molar-refractivity contribution < 1.29 is 23.5 Å². The first-order valence-electron chi connectivity index (χ1n) is 15.3. The Labute approximate surface area is 287 Å². The van der Waals surface area contributed by atoms with E-state index in [1.165, 1.54) is 28.7 Å². The SMILES string of the molecule is CNCC#Cc1ccc(OCCCc2sc(N(CC[N+](C)(C)C)c3cc(C)c(Nc4nc5ccccc5s4)nn3)nc2C(=O)O)c(F)c1. The number of aryl methyl sites for hydroxylation is 2. The van der Waals surface area contributed by atoms with Crippen molar-refractivity contribution in [2.45, 2.75) is 19.8 Å². The van der Waals surface area contributed by atoms with Crippen molar-refractivity contribution in [3.8, 4) is 17.6 Å². The van der Waals surface area contributed by atoms with E-state index in [4.69, 9.17) is 4.74 Å². The number of hydrogen-bond donors (Lipinski definition) is 3. The number of aromatic carboxylic acids is 1. The van der Waals surface area contributed by atoms with Crippen molar-refractivity contribution in [2.24, 2.45) is 0 Å². The number of benzene rings is 2. The van der Waals surface area contributed by atoms with Crippen LogP contribution in [-0.4, -0.2) is 90.2 Å². The summed E-state index contributed by atoms with van der Waals surface area (Å²) in [5, 5.41) is 26.5. The molecule has 0 saturated carbocycles. The molecule has 0 atom stereocenters. The van der Waals surface area contributed by atoms with Crippen LogP contribution < -0.4 is 20.3 Å². The van der Waals surface area contributed by atoms with Gasteiger partial charge in [0.15, 0.2) is 39.2 Å². The molecule has 3 aromatic heterocycles. The summed E-state index contributed by atoms with van der Waals surface area (Å²) in [6, 6.07) is 14.4. The number of thiazole rings is 2. The zero-order chi connectivity index (χ0) is 34.3. The fourth-order valence-corrected chi connectivity index (χ4v) is 6.59. The smallest absolute Gasteiger partial charge is 0.355 e. The quantitative estimate of drug-likeness (QED) is 0.0742. The van der Waals surface area contributed by atoms with Crippen molar-refractivity contribution in [2.75, 3.05) is 64.6 Å². The number of likely N-dealkylation sites (N-methyl/N-ethyl adjacent to an activating group) is 1. The monoisotopic (exact) mass is 689 g/mol. The zero-order valence-corrected chi connectivity index (χ0v) is 29.1. The molecule has 11 nitrogen and oxygen atoms in total. The van der Waals surface area contributed by atoms with E-state index >= 15 is 0 Å². The first-order chi connectivity index (χ1) is 23.0. The van der Waals surface area contributed by atoms with Crippen molar-refractivity contribution >= 4 is 60.8 Å². The second-order valence-electron chi connectivity index (χ2n) is 12.0. The molecule has 2 aromatic carbocycles. The zero-order valence-electron chi connectivity index (χ0n) is 27.5. The van der Waals surface area contributed by atoms with Crippen LogP contribution in [0.25, 0.3) is 10.2 Å². The molecule has 0 unspecified atom stereocenters. The Morgan fingerprint density at radius 1 is 1.10 bits per heavy atom. The third-order valence-electron chi connectivity index (χ3n) is 7.12. The van der Waals surface area contributed by atoms with E-state index in [1.807, 2.05) is 42.2 Å². The van der Waals surface area contributed by atoms with Crippen molar-refractivity contribution in [3.63, 3.8) is 0 Å². The van der Waals surface area contributed by atoms with Crippen LogP contribution >= 0.6 is 22.7 Å². The third kappa shape index (κ3) is 9.02. The number of carboxylic acids is 1. The largest absolute Gasteiger partial charge is 0.491 e. The Kier molecular flexibility index (Phi) is 11.2. The van der Waals surface area contributed by atoms with Gasteiger partial charge in [-0.05, 0) is 68.8 Å². The summed E-state index contributed by atoms with van der Waals surface area (Å²) >= 11 is 2.84. The summed E-state index contributed by atoms with van der Waals surface area (Å²) < 4.78 is 22.0. The lowest BCUT2D eigenvalue weighted by Crippen LogP contribution is -2.41. The van der Waals surface area contributed by atoms with E-state index in [0.717, 1.165) is 27.5 Å². The Balaban J connectivity index is 1.32. The number of quaternary nitrogens is 1. The second-order valence-corrected chi connectivity index (χ2v) is 14.1. The maximum atomic E-state index is 14.6. The van der Waals surface area contributed by atoms with Crippen LogP contribution in [0.1, 0.15) is 32.9 Å². The number of carbonyl (C=O) groups is 1. The van der Waals surface area contributed by atoms with Crippen LogP contribution in [0.4, 0.5) is 26.3 Å². The van der Waals surface area contributed by atoms with Gasteiger partial charge in [-0.3, -0.25) is 4.90 Å². The fourth-order valence-electron chi connectivity index (χ4n) is 4.60. The molecule has 0 aliphatic rings. The minimum Gasteiger partial charge on any atom is -0.491 e. The van der Waals surface area contributed by atoms with E-state index in [2.05, 4.69) is 63.8 Å². The molecule has 0 spiro atoms. The van der Waals surface area contributed by atoms with Crippen LogP contribution in [0.2, 0.25) is 0 Å². The van der Waals surface area contributed by atoms with Gasteiger partial charge >= 0.3 is 5.97 Å². The van der Waals surface area contributed by atoms with Crippen LogP contribution in [0, 0.1) is 24.6 Å². The molecule has 5 aromatic rings. The molecule has 48 heavy (non-hydrogen) atoms. The molecule has 3 N–H and O–H groups in total. The first kappa shape index (κ1) is 34.6. The van der Waals surface area contributed by atoms with Gasteiger partial charge in [0.25, 0.3) is 0 Å². The molecule has 0 aliphatic heterocycles. The van der Waals surface area contributed by atoms with Crippen LogP contribution in [0.15, 0.2) is 48.5 Å². The average Bonchev–Trinajstić information content (AvgIpc) is 3.65. The lowest BCUT2D eigenvalue weighted by Gasteiger charge is -2.28. The minimum absolute atomic E-state index is 0.0141. The molecule has 0 aliphatic carbocycles. The number of rotatable bonds is 14. The van der Waals surface area contributed by atoms with Gasteiger partial charge in [-0.1, -0.05) is 35.3 Å². The topological polar surface area (TPSA) is 125 Å². The Hall–Kier alpha value is -4.68. The molecule has 0 bridgehead atoms. The molecular weight excluding hydrogens is 652 g/mol. The molecule has 14 heteroatoms. The van der Waals surface area contributed by atoms with Gasteiger partial charge < -0.3 is 25.0 Å². The lowest BCUT2D eigenvalue weighted by molar-refractivity contribution is -0.868. The Morgan fingerprint density at radius 2 is 1.92 bits per heavy atom. The number of aromatic nitrogens is 4. The maximum Gasteiger partial charge on any atom is 0.355 e. The highest BCUT2D eigenvalue weighted by molar-refractivity contribution is 7.22. The predicted octanol–water partition coefficient (Wildman–Crippen LogP) is 5.86. The van der Waals surface area contributed by atoms with E-state index in [1.54, 1.807) is 19.2 Å².